The molecule has 0 unspecified atom stereocenters. The lowest BCUT2D eigenvalue weighted by Gasteiger charge is -2.20. The highest BCUT2D eigenvalue weighted by Crippen LogP contribution is 2.38. The van der Waals surface area contributed by atoms with Crippen LogP contribution in [0.1, 0.15) is 29.0 Å². The maximum atomic E-state index is 13.0. The van der Waals surface area contributed by atoms with E-state index in [9.17, 15) is 9.59 Å². The Hall–Kier alpha value is -4.66. The van der Waals surface area contributed by atoms with Crippen LogP contribution in [0.25, 0.3) is 16.6 Å². The Kier molecular flexibility index (Phi) is 6.48. The molecule has 1 amide bonds. The van der Waals surface area contributed by atoms with Gasteiger partial charge in [0.25, 0.3) is 11.5 Å². The van der Waals surface area contributed by atoms with E-state index in [4.69, 9.17) is 14.2 Å². The molecular formula is C30H28N4O5. The molecule has 198 valence electrons. The van der Waals surface area contributed by atoms with Gasteiger partial charge in [-0.3, -0.25) is 19.1 Å². The first-order valence-electron chi connectivity index (χ1n) is 12.9. The molecule has 4 aromatic rings. The number of hydrogen-bond acceptors (Lipinski definition) is 7. The summed E-state index contributed by atoms with van der Waals surface area (Å²) in [4.78, 5) is 37.1. The third kappa shape index (κ3) is 4.60. The Labute approximate surface area is 225 Å². The molecule has 3 aromatic carbocycles. The average molecular weight is 525 g/mol. The molecule has 0 bridgehead atoms. The first kappa shape index (κ1) is 24.7. The summed E-state index contributed by atoms with van der Waals surface area (Å²) in [5.74, 6) is 2.21. The minimum atomic E-state index is -0.110. The summed E-state index contributed by atoms with van der Waals surface area (Å²) in [6.45, 7) is 3.10. The van der Waals surface area contributed by atoms with E-state index in [-0.39, 0.29) is 30.7 Å². The van der Waals surface area contributed by atoms with Gasteiger partial charge in [0.05, 0.1) is 41.0 Å². The molecule has 3 heterocycles. The molecule has 1 saturated heterocycles. The van der Waals surface area contributed by atoms with E-state index in [1.54, 1.807) is 29.9 Å². The number of nitrogens with zero attached hydrogens (tertiary/aromatic N) is 4. The molecule has 1 aromatic heterocycles. The Balaban J connectivity index is 1.12. The summed E-state index contributed by atoms with van der Waals surface area (Å²) in [5, 5.41) is 0.573. The monoisotopic (exact) mass is 524 g/mol. The Bertz CT molecular complexity index is 1640. The highest BCUT2D eigenvalue weighted by Gasteiger charge is 2.32. The number of methoxy groups -OCH3 is 1. The van der Waals surface area contributed by atoms with Gasteiger partial charge in [0.2, 0.25) is 0 Å². The highest BCUT2D eigenvalue weighted by atomic mass is 16.5. The summed E-state index contributed by atoms with van der Waals surface area (Å²) in [5.41, 5.74) is 2.38. The lowest BCUT2D eigenvalue weighted by molar-refractivity contribution is 0.0774. The summed E-state index contributed by atoms with van der Waals surface area (Å²) in [7, 11) is 1.55. The first-order chi connectivity index (χ1) is 19.0. The number of hydrogen-bond donors (Lipinski definition) is 0. The maximum Gasteiger partial charge on any atom is 0.265 e. The van der Waals surface area contributed by atoms with Crippen molar-refractivity contribution in [1.29, 1.82) is 0 Å². The molecular weight excluding hydrogens is 496 g/mol. The molecule has 9 nitrogen and oxygen atoms in total. The van der Waals surface area contributed by atoms with Crippen molar-refractivity contribution in [3.05, 3.63) is 82.4 Å². The molecule has 6 rings (SSSR count). The number of para-hydroxylation sites is 1. The molecule has 39 heavy (non-hydrogen) atoms. The van der Waals surface area contributed by atoms with Crippen LogP contribution in [-0.4, -0.2) is 59.5 Å². The van der Waals surface area contributed by atoms with Gasteiger partial charge in [0, 0.05) is 18.8 Å². The van der Waals surface area contributed by atoms with Crippen molar-refractivity contribution in [1.82, 2.24) is 14.5 Å². The zero-order valence-electron chi connectivity index (χ0n) is 21.8. The van der Waals surface area contributed by atoms with E-state index in [0.717, 1.165) is 19.4 Å². The fraction of sp³-hybridized carbons (Fsp3) is 0.267. The van der Waals surface area contributed by atoms with Crippen LogP contribution in [0, 0.1) is 6.92 Å². The number of benzene rings is 3. The minimum absolute atomic E-state index is 0.0291. The second kappa shape index (κ2) is 10.2. The smallest absolute Gasteiger partial charge is 0.265 e. The fourth-order valence-electron chi connectivity index (χ4n) is 5.17. The second-order valence-corrected chi connectivity index (χ2v) is 9.51. The summed E-state index contributed by atoms with van der Waals surface area (Å²) in [6.07, 6.45) is 3.76. The van der Waals surface area contributed by atoms with Gasteiger partial charge in [-0.2, -0.15) is 0 Å². The number of aryl methyl sites for hydroxylation is 1. The van der Waals surface area contributed by atoms with Crippen molar-refractivity contribution in [2.45, 2.75) is 25.8 Å². The van der Waals surface area contributed by atoms with Crippen LogP contribution >= 0.6 is 0 Å². The topological polar surface area (TPSA) is 95.2 Å². The number of rotatable bonds is 7. The molecule has 2 aliphatic rings. The van der Waals surface area contributed by atoms with Crippen molar-refractivity contribution in [2.75, 3.05) is 26.9 Å². The Morgan fingerprint density at radius 2 is 1.77 bits per heavy atom. The van der Waals surface area contributed by atoms with Crippen LogP contribution in [0.3, 0.4) is 0 Å². The van der Waals surface area contributed by atoms with Gasteiger partial charge in [0.15, 0.2) is 11.5 Å². The predicted molar refractivity (Wildman–Crippen MR) is 148 cm³/mol. The largest absolute Gasteiger partial charge is 0.493 e. The van der Waals surface area contributed by atoms with Crippen LogP contribution in [0.4, 0.5) is 5.69 Å². The lowest BCUT2D eigenvalue weighted by atomic mass is 10.1. The zero-order valence-corrected chi connectivity index (χ0v) is 21.8. The fourth-order valence-corrected chi connectivity index (χ4v) is 5.17. The van der Waals surface area contributed by atoms with Crippen LogP contribution in [0.2, 0.25) is 0 Å². The number of ether oxygens (including phenoxy) is 3. The molecule has 9 heteroatoms. The van der Waals surface area contributed by atoms with E-state index >= 15 is 0 Å². The second-order valence-electron chi connectivity index (χ2n) is 9.51. The van der Waals surface area contributed by atoms with Gasteiger partial charge in [0.1, 0.15) is 24.8 Å². The van der Waals surface area contributed by atoms with Gasteiger partial charge in [-0.25, -0.2) is 4.98 Å². The molecule has 1 fully saturated rings. The molecule has 0 spiro atoms. The zero-order chi connectivity index (χ0) is 26.9. The van der Waals surface area contributed by atoms with Gasteiger partial charge in [-0.1, -0.05) is 12.1 Å². The third-order valence-electron chi connectivity index (χ3n) is 7.11. The van der Waals surface area contributed by atoms with Crippen molar-refractivity contribution >= 4 is 28.7 Å². The number of carbonyl (C=O) groups is 1. The van der Waals surface area contributed by atoms with Crippen molar-refractivity contribution in [2.24, 2.45) is 4.99 Å². The van der Waals surface area contributed by atoms with Gasteiger partial charge >= 0.3 is 0 Å². The summed E-state index contributed by atoms with van der Waals surface area (Å²) in [6, 6.07) is 18.1. The SMILES string of the molecule is COc1cc2c(cc1OCCOc1ccc(-n3c(C)nc4ccccc4c3=O)cc1)N=C[C@@H]1CCCN1C2=O. The third-order valence-corrected chi connectivity index (χ3v) is 7.11. The molecule has 0 radical (unpaired) electrons. The Morgan fingerprint density at radius 1 is 0.974 bits per heavy atom. The highest BCUT2D eigenvalue weighted by molar-refractivity contribution is 6.03. The van der Waals surface area contributed by atoms with Gasteiger partial charge < -0.3 is 19.1 Å². The molecule has 0 aliphatic carbocycles. The van der Waals surface area contributed by atoms with Gasteiger partial charge in [-0.05, 0) is 62.2 Å². The normalized spacial score (nSPS) is 16.1. The lowest BCUT2D eigenvalue weighted by Crippen LogP contribution is -2.35. The van der Waals surface area contributed by atoms with E-state index in [1.807, 2.05) is 60.5 Å². The van der Waals surface area contributed by atoms with Crippen LogP contribution in [0.15, 0.2) is 70.5 Å². The van der Waals surface area contributed by atoms with E-state index in [0.29, 0.717) is 50.9 Å². The molecule has 0 saturated carbocycles. The standard InChI is InChI=1S/C30H28N4O5/c1-19-32-25-8-4-3-7-23(25)30(36)34(19)20-9-11-22(12-10-20)38-14-15-39-28-17-26-24(16-27(28)37-2)29(35)33-13-5-6-21(33)18-31-26/h3-4,7-12,16-18,21H,5-6,13-15H2,1-2H3/t21-/m0/s1. The van der Waals surface area contributed by atoms with Crippen molar-refractivity contribution in [3.8, 4) is 22.9 Å². The minimum Gasteiger partial charge on any atom is -0.493 e. The van der Waals surface area contributed by atoms with Crippen LogP contribution < -0.4 is 19.8 Å². The number of carbonyl (C=O) groups excluding carboxylic acids is 1. The maximum absolute atomic E-state index is 13.0. The quantitative estimate of drug-likeness (QED) is 0.331. The van der Waals surface area contributed by atoms with E-state index in [2.05, 4.69) is 9.98 Å². The predicted octanol–water partition coefficient (Wildman–Crippen LogP) is 4.48. The van der Waals surface area contributed by atoms with E-state index < -0.39 is 0 Å². The van der Waals surface area contributed by atoms with E-state index in [1.165, 1.54) is 0 Å². The van der Waals surface area contributed by atoms with Crippen LogP contribution in [-0.2, 0) is 0 Å². The van der Waals surface area contributed by atoms with Gasteiger partial charge in [-0.15, -0.1) is 0 Å². The summed E-state index contributed by atoms with van der Waals surface area (Å²) < 4.78 is 18.9. The molecule has 1 atom stereocenters. The molecule has 2 aliphatic heterocycles. The first-order valence-corrected chi connectivity index (χ1v) is 12.9. The number of amides is 1. The summed E-state index contributed by atoms with van der Waals surface area (Å²) >= 11 is 0. The number of aliphatic imine (C=N–C) groups is 1. The van der Waals surface area contributed by atoms with Crippen molar-refractivity contribution in [3.63, 3.8) is 0 Å². The Morgan fingerprint density at radius 3 is 2.59 bits per heavy atom. The number of fused-ring (bicyclic) bond motifs is 3. The van der Waals surface area contributed by atoms with Crippen molar-refractivity contribution < 1.29 is 19.0 Å². The average Bonchev–Trinajstić information content (AvgIpc) is 3.38. The van der Waals surface area contributed by atoms with Crippen LogP contribution in [0.5, 0.6) is 17.2 Å². The number of aromatic nitrogens is 2. The molecule has 0 N–H and O–H groups in total.